The van der Waals surface area contributed by atoms with Crippen LogP contribution >= 0.6 is 0 Å². The van der Waals surface area contributed by atoms with Crippen molar-refractivity contribution >= 4 is 0 Å². The molecule has 0 amide bonds. The first kappa shape index (κ1) is 15.2. The summed E-state index contributed by atoms with van der Waals surface area (Å²) < 4.78 is 10.9. The van der Waals surface area contributed by atoms with Crippen LogP contribution in [0.2, 0.25) is 0 Å². The first-order valence-electron chi connectivity index (χ1n) is 7.76. The highest BCUT2D eigenvalue weighted by Gasteiger charge is 2.27. The Morgan fingerprint density at radius 2 is 2.05 bits per heavy atom. The van der Waals surface area contributed by atoms with Crippen LogP contribution in [-0.4, -0.2) is 32.2 Å². The fourth-order valence-electron chi connectivity index (χ4n) is 3.10. The van der Waals surface area contributed by atoms with Crippen LogP contribution in [0.1, 0.15) is 50.6 Å². The Kier molecular flexibility index (Phi) is 5.72. The quantitative estimate of drug-likeness (QED) is 0.702. The minimum atomic E-state index is 0.507. The number of rotatable bonds is 7. The highest BCUT2D eigenvalue weighted by molar-refractivity contribution is 5.42. The molecule has 0 N–H and O–H groups in total. The monoisotopic (exact) mass is 277 g/mol. The molecule has 1 fully saturated rings. The lowest BCUT2D eigenvalue weighted by Crippen LogP contribution is -2.24. The highest BCUT2D eigenvalue weighted by Crippen LogP contribution is 2.38. The van der Waals surface area contributed by atoms with E-state index in [0.29, 0.717) is 6.04 Å². The maximum Gasteiger partial charge on any atom is 0.127 e. The highest BCUT2D eigenvalue weighted by atomic mass is 16.5. The first-order chi connectivity index (χ1) is 9.80. The van der Waals surface area contributed by atoms with E-state index in [2.05, 4.69) is 17.9 Å². The molecule has 112 valence electrons. The molecule has 3 heteroatoms. The Labute approximate surface area is 122 Å². The Hall–Kier alpha value is -1.22. The zero-order valence-corrected chi connectivity index (χ0v) is 13.0. The molecule has 0 saturated carbocycles. The number of methoxy groups -OCH3 is 2. The van der Waals surface area contributed by atoms with Gasteiger partial charge in [0.15, 0.2) is 0 Å². The van der Waals surface area contributed by atoms with Crippen LogP contribution in [-0.2, 0) is 0 Å². The number of nitrogens with zero attached hydrogens (tertiary/aromatic N) is 1. The van der Waals surface area contributed by atoms with Gasteiger partial charge in [0, 0.05) is 17.7 Å². The summed E-state index contributed by atoms with van der Waals surface area (Å²) in [4.78, 5) is 2.61. The van der Waals surface area contributed by atoms with Crippen LogP contribution in [0.25, 0.3) is 0 Å². The van der Waals surface area contributed by atoms with Gasteiger partial charge < -0.3 is 9.47 Å². The summed E-state index contributed by atoms with van der Waals surface area (Å²) in [6, 6.07) is 6.71. The number of hydrogen-bond acceptors (Lipinski definition) is 3. The lowest BCUT2D eigenvalue weighted by atomic mass is 10.0. The second-order valence-corrected chi connectivity index (χ2v) is 5.51. The van der Waals surface area contributed by atoms with Gasteiger partial charge in [-0.05, 0) is 38.4 Å². The van der Waals surface area contributed by atoms with Crippen LogP contribution in [0, 0.1) is 0 Å². The molecule has 1 saturated heterocycles. The predicted octanol–water partition coefficient (Wildman–Crippen LogP) is 4.03. The van der Waals surface area contributed by atoms with Crippen molar-refractivity contribution in [3.8, 4) is 11.5 Å². The zero-order chi connectivity index (χ0) is 14.4. The molecule has 0 bridgehead atoms. The average Bonchev–Trinajstić information content (AvgIpc) is 2.95. The molecular weight excluding hydrogens is 250 g/mol. The Morgan fingerprint density at radius 3 is 2.75 bits per heavy atom. The van der Waals surface area contributed by atoms with E-state index in [1.54, 1.807) is 14.2 Å². The number of unbranched alkanes of at least 4 members (excludes halogenated alkanes) is 2. The SMILES string of the molecule is CCCCCN1CCCC1c1ccc(OC)cc1OC. The summed E-state index contributed by atoms with van der Waals surface area (Å²) in [6.45, 7) is 4.67. The summed E-state index contributed by atoms with van der Waals surface area (Å²) >= 11 is 0. The molecule has 1 aromatic carbocycles. The Bertz CT molecular complexity index is 419. The van der Waals surface area contributed by atoms with E-state index in [9.17, 15) is 0 Å². The topological polar surface area (TPSA) is 21.7 Å². The van der Waals surface area contributed by atoms with E-state index in [-0.39, 0.29) is 0 Å². The van der Waals surface area contributed by atoms with Gasteiger partial charge in [-0.2, -0.15) is 0 Å². The number of hydrogen-bond donors (Lipinski definition) is 0. The molecule has 2 rings (SSSR count). The smallest absolute Gasteiger partial charge is 0.127 e. The number of benzene rings is 1. The van der Waals surface area contributed by atoms with Crippen LogP contribution in [0.5, 0.6) is 11.5 Å². The molecule has 0 aliphatic carbocycles. The normalized spacial score (nSPS) is 19.2. The van der Waals surface area contributed by atoms with E-state index in [1.807, 2.05) is 12.1 Å². The van der Waals surface area contributed by atoms with Gasteiger partial charge in [-0.25, -0.2) is 0 Å². The van der Waals surface area contributed by atoms with E-state index in [0.717, 1.165) is 11.5 Å². The standard InChI is InChI=1S/C17H27NO2/c1-4-5-6-11-18-12-7-8-16(18)15-10-9-14(19-2)13-17(15)20-3/h9-10,13,16H,4-8,11-12H2,1-3H3. The van der Waals surface area contributed by atoms with E-state index >= 15 is 0 Å². The van der Waals surface area contributed by atoms with Gasteiger partial charge in [0.25, 0.3) is 0 Å². The van der Waals surface area contributed by atoms with Crippen molar-refractivity contribution in [2.45, 2.75) is 45.1 Å². The van der Waals surface area contributed by atoms with E-state index in [1.165, 1.54) is 50.8 Å². The maximum atomic E-state index is 5.57. The van der Waals surface area contributed by atoms with Gasteiger partial charge in [0.05, 0.1) is 14.2 Å². The van der Waals surface area contributed by atoms with Crippen LogP contribution < -0.4 is 9.47 Å². The third-order valence-corrected chi connectivity index (χ3v) is 4.21. The van der Waals surface area contributed by atoms with Gasteiger partial charge in [-0.1, -0.05) is 25.8 Å². The largest absolute Gasteiger partial charge is 0.497 e. The van der Waals surface area contributed by atoms with Crippen LogP contribution in [0.15, 0.2) is 18.2 Å². The minimum Gasteiger partial charge on any atom is -0.497 e. The molecule has 0 radical (unpaired) electrons. The molecule has 1 aromatic rings. The maximum absolute atomic E-state index is 5.57. The zero-order valence-electron chi connectivity index (χ0n) is 13.0. The van der Waals surface area contributed by atoms with Crippen molar-refractivity contribution in [1.82, 2.24) is 4.90 Å². The summed E-state index contributed by atoms with van der Waals surface area (Å²) in [5.41, 5.74) is 1.31. The summed E-state index contributed by atoms with van der Waals surface area (Å²) in [7, 11) is 3.44. The minimum absolute atomic E-state index is 0.507. The summed E-state index contributed by atoms with van der Waals surface area (Å²) in [5, 5.41) is 0. The fourth-order valence-corrected chi connectivity index (χ4v) is 3.10. The van der Waals surface area contributed by atoms with Gasteiger partial charge in [0.1, 0.15) is 11.5 Å². The molecule has 3 nitrogen and oxygen atoms in total. The predicted molar refractivity (Wildman–Crippen MR) is 82.6 cm³/mol. The van der Waals surface area contributed by atoms with E-state index < -0.39 is 0 Å². The van der Waals surface area contributed by atoms with Crippen molar-refractivity contribution in [3.63, 3.8) is 0 Å². The van der Waals surface area contributed by atoms with Crippen molar-refractivity contribution in [2.24, 2.45) is 0 Å². The lowest BCUT2D eigenvalue weighted by molar-refractivity contribution is 0.246. The molecule has 0 spiro atoms. The molecule has 1 aliphatic rings. The third kappa shape index (κ3) is 3.45. The number of ether oxygens (including phenoxy) is 2. The lowest BCUT2D eigenvalue weighted by Gasteiger charge is -2.26. The second-order valence-electron chi connectivity index (χ2n) is 5.51. The molecule has 1 atom stereocenters. The van der Waals surface area contributed by atoms with E-state index in [4.69, 9.17) is 9.47 Å². The summed E-state index contributed by atoms with van der Waals surface area (Å²) in [6.07, 6.45) is 6.42. The van der Waals surface area contributed by atoms with Gasteiger partial charge in [-0.15, -0.1) is 0 Å². The average molecular weight is 277 g/mol. The van der Waals surface area contributed by atoms with Crippen molar-refractivity contribution in [2.75, 3.05) is 27.3 Å². The number of likely N-dealkylation sites (tertiary alicyclic amines) is 1. The molecule has 1 unspecified atom stereocenters. The Balaban J connectivity index is 2.12. The molecule has 1 heterocycles. The van der Waals surface area contributed by atoms with Crippen molar-refractivity contribution in [3.05, 3.63) is 23.8 Å². The fraction of sp³-hybridized carbons (Fsp3) is 0.647. The van der Waals surface area contributed by atoms with Crippen molar-refractivity contribution < 1.29 is 9.47 Å². The first-order valence-corrected chi connectivity index (χ1v) is 7.76. The van der Waals surface area contributed by atoms with Gasteiger partial charge >= 0.3 is 0 Å². The third-order valence-electron chi connectivity index (χ3n) is 4.21. The van der Waals surface area contributed by atoms with Gasteiger partial charge in [-0.3, -0.25) is 4.90 Å². The van der Waals surface area contributed by atoms with Crippen molar-refractivity contribution in [1.29, 1.82) is 0 Å². The molecule has 1 aliphatic heterocycles. The molecule has 20 heavy (non-hydrogen) atoms. The van der Waals surface area contributed by atoms with Gasteiger partial charge in [0.2, 0.25) is 0 Å². The van der Waals surface area contributed by atoms with Crippen LogP contribution in [0.4, 0.5) is 0 Å². The van der Waals surface area contributed by atoms with Crippen LogP contribution in [0.3, 0.4) is 0 Å². The second kappa shape index (κ2) is 7.53. The molecule has 0 aromatic heterocycles. The Morgan fingerprint density at radius 1 is 1.20 bits per heavy atom. The molecular formula is C17H27NO2. The summed E-state index contributed by atoms with van der Waals surface area (Å²) in [5.74, 6) is 1.82.